The minimum absolute atomic E-state index is 0.0237. The zero-order valence-corrected chi connectivity index (χ0v) is 21.7. The van der Waals surface area contributed by atoms with Gasteiger partial charge in [0, 0.05) is 16.7 Å². The van der Waals surface area contributed by atoms with Crippen molar-refractivity contribution >= 4 is 43.8 Å². The number of hydrogen-bond acceptors (Lipinski definition) is 7. The maximum absolute atomic E-state index is 12.6. The molecule has 3 aromatic carbocycles. The van der Waals surface area contributed by atoms with Crippen molar-refractivity contribution in [2.75, 3.05) is 21.3 Å². The summed E-state index contributed by atoms with van der Waals surface area (Å²) in [5, 5.41) is 4.47. The molecular weight excluding hydrogens is 548 g/mol. The number of halogens is 2. The normalized spacial score (nSPS) is 11.3. The van der Waals surface area contributed by atoms with Crippen LogP contribution in [0.15, 0.2) is 69.1 Å². The molecule has 34 heavy (non-hydrogen) atoms. The fourth-order valence-corrected chi connectivity index (χ4v) is 4.50. The highest BCUT2D eigenvalue weighted by Gasteiger charge is 2.17. The van der Waals surface area contributed by atoms with Gasteiger partial charge in [-0.25, -0.2) is 4.83 Å². The van der Waals surface area contributed by atoms with E-state index >= 15 is 0 Å². The van der Waals surface area contributed by atoms with Crippen LogP contribution in [0.4, 0.5) is 0 Å². The lowest BCUT2D eigenvalue weighted by atomic mass is 10.2. The zero-order valence-electron chi connectivity index (χ0n) is 18.5. The van der Waals surface area contributed by atoms with E-state index < -0.39 is 10.0 Å². The van der Waals surface area contributed by atoms with E-state index in [2.05, 4.69) is 25.9 Å². The van der Waals surface area contributed by atoms with Crippen LogP contribution in [-0.4, -0.2) is 36.0 Å². The number of rotatable bonds is 10. The molecule has 0 radical (unpaired) electrons. The highest BCUT2D eigenvalue weighted by Crippen LogP contribution is 2.37. The molecule has 0 saturated carbocycles. The van der Waals surface area contributed by atoms with Crippen LogP contribution in [-0.2, 0) is 16.6 Å². The molecule has 0 atom stereocenters. The summed E-state index contributed by atoms with van der Waals surface area (Å²) in [4.78, 5) is 2.16. The van der Waals surface area contributed by atoms with Crippen LogP contribution in [0.5, 0.6) is 23.0 Å². The SMILES string of the molecule is COc1ccc(S(=O)(=O)N/N=C\c2cc(Br)c(OCc3ccccc3Cl)c(OC)c2)cc1OC. The molecule has 8 nitrogen and oxygen atoms in total. The molecule has 0 bridgehead atoms. The number of benzene rings is 3. The Morgan fingerprint density at radius 3 is 2.35 bits per heavy atom. The van der Waals surface area contributed by atoms with Crippen molar-refractivity contribution < 1.29 is 27.4 Å². The fraction of sp³-hybridized carbons (Fsp3) is 0.174. The average Bonchev–Trinajstić information content (AvgIpc) is 2.83. The fourth-order valence-electron chi connectivity index (χ4n) is 2.93. The third-order valence-corrected chi connectivity index (χ3v) is 6.81. The Labute approximate surface area is 211 Å². The van der Waals surface area contributed by atoms with Crippen LogP contribution in [0, 0.1) is 0 Å². The van der Waals surface area contributed by atoms with Gasteiger partial charge >= 0.3 is 0 Å². The van der Waals surface area contributed by atoms with E-state index in [0.29, 0.717) is 32.3 Å². The number of methoxy groups -OCH3 is 3. The molecule has 0 fully saturated rings. The molecule has 3 aromatic rings. The monoisotopic (exact) mass is 568 g/mol. The Morgan fingerprint density at radius 1 is 0.971 bits per heavy atom. The highest BCUT2D eigenvalue weighted by molar-refractivity contribution is 9.10. The van der Waals surface area contributed by atoms with Gasteiger partial charge in [-0.1, -0.05) is 29.8 Å². The summed E-state index contributed by atoms with van der Waals surface area (Å²) in [5.41, 5.74) is 1.40. The Morgan fingerprint density at radius 2 is 1.68 bits per heavy atom. The molecule has 0 aliphatic rings. The Hall–Kier alpha value is -2.95. The van der Waals surface area contributed by atoms with Crippen molar-refractivity contribution in [1.29, 1.82) is 0 Å². The molecule has 0 aromatic heterocycles. The second kappa shape index (κ2) is 11.5. The van der Waals surface area contributed by atoms with Crippen LogP contribution in [0.25, 0.3) is 0 Å². The van der Waals surface area contributed by atoms with E-state index in [1.807, 2.05) is 18.2 Å². The van der Waals surface area contributed by atoms with E-state index in [1.54, 1.807) is 18.2 Å². The lowest BCUT2D eigenvalue weighted by Gasteiger charge is -2.14. The summed E-state index contributed by atoms with van der Waals surface area (Å²) < 4.78 is 47.4. The zero-order chi connectivity index (χ0) is 24.7. The molecule has 0 aliphatic carbocycles. The second-order valence-corrected chi connectivity index (χ2v) is 9.71. The van der Waals surface area contributed by atoms with Crippen LogP contribution in [0.2, 0.25) is 5.02 Å². The van der Waals surface area contributed by atoms with Crippen LogP contribution in [0.3, 0.4) is 0 Å². The summed E-state index contributed by atoms with van der Waals surface area (Å²) in [5.74, 6) is 1.62. The molecule has 0 spiro atoms. The highest BCUT2D eigenvalue weighted by atomic mass is 79.9. The lowest BCUT2D eigenvalue weighted by Crippen LogP contribution is -2.18. The van der Waals surface area contributed by atoms with Gasteiger partial charge in [0.05, 0.1) is 36.9 Å². The number of hydrogen-bond donors (Lipinski definition) is 1. The number of ether oxygens (including phenoxy) is 4. The number of nitrogens with zero attached hydrogens (tertiary/aromatic N) is 1. The van der Waals surface area contributed by atoms with Gasteiger partial charge in [0.1, 0.15) is 6.61 Å². The van der Waals surface area contributed by atoms with Crippen LogP contribution in [0.1, 0.15) is 11.1 Å². The van der Waals surface area contributed by atoms with Crippen molar-refractivity contribution in [2.45, 2.75) is 11.5 Å². The molecule has 180 valence electrons. The maximum Gasteiger partial charge on any atom is 0.276 e. The van der Waals surface area contributed by atoms with Gasteiger partial charge in [0.15, 0.2) is 23.0 Å². The molecule has 1 N–H and O–H groups in total. The van der Waals surface area contributed by atoms with Crippen molar-refractivity contribution in [3.63, 3.8) is 0 Å². The van der Waals surface area contributed by atoms with Crippen molar-refractivity contribution in [3.05, 3.63) is 75.2 Å². The average molecular weight is 570 g/mol. The van der Waals surface area contributed by atoms with Gasteiger partial charge < -0.3 is 18.9 Å². The summed E-state index contributed by atoms with van der Waals surface area (Å²) in [7, 11) is 0.466. The number of sulfonamides is 1. The Balaban J connectivity index is 1.76. The number of hydrazone groups is 1. The molecule has 0 unspecified atom stereocenters. The quantitative estimate of drug-likeness (QED) is 0.272. The summed E-state index contributed by atoms with van der Waals surface area (Å²) in [6.45, 7) is 0.243. The smallest absolute Gasteiger partial charge is 0.276 e. The first kappa shape index (κ1) is 25.7. The lowest BCUT2D eigenvalue weighted by molar-refractivity contribution is 0.282. The van der Waals surface area contributed by atoms with E-state index in [9.17, 15) is 8.42 Å². The summed E-state index contributed by atoms with van der Waals surface area (Å²) in [6.07, 6.45) is 1.35. The van der Waals surface area contributed by atoms with Crippen LogP contribution >= 0.6 is 27.5 Å². The third-order valence-electron chi connectivity index (χ3n) is 4.63. The van der Waals surface area contributed by atoms with Gasteiger partial charge in [-0.2, -0.15) is 13.5 Å². The van der Waals surface area contributed by atoms with Gasteiger partial charge in [-0.15, -0.1) is 0 Å². The van der Waals surface area contributed by atoms with Gasteiger partial charge in [-0.3, -0.25) is 0 Å². The predicted molar refractivity (Wildman–Crippen MR) is 134 cm³/mol. The summed E-state index contributed by atoms with van der Waals surface area (Å²) in [6, 6.07) is 15.0. The summed E-state index contributed by atoms with van der Waals surface area (Å²) >= 11 is 9.65. The predicted octanol–water partition coefficient (Wildman–Crippen LogP) is 5.02. The Bertz CT molecular complexity index is 1300. The van der Waals surface area contributed by atoms with E-state index in [1.165, 1.54) is 45.7 Å². The molecule has 0 heterocycles. The molecule has 0 saturated heterocycles. The first-order chi connectivity index (χ1) is 16.3. The molecular formula is C23H22BrClN2O6S. The topological polar surface area (TPSA) is 95.5 Å². The van der Waals surface area contributed by atoms with Gasteiger partial charge in [0.25, 0.3) is 10.0 Å². The van der Waals surface area contributed by atoms with E-state index in [0.717, 1.165) is 5.56 Å². The maximum atomic E-state index is 12.6. The third kappa shape index (κ3) is 6.13. The van der Waals surface area contributed by atoms with Crippen molar-refractivity contribution in [1.82, 2.24) is 4.83 Å². The molecule has 11 heteroatoms. The van der Waals surface area contributed by atoms with Crippen LogP contribution < -0.4 is 23.8 Å². The molecule has 0 aliphatic heterocycles. The first-order valence-corrected chi connectivity index (χ1v) is 12.4. The van der Waals surface area contributed by atoms with Gasteiger partial charge in [-0.05, 0) is 51.8 Å². The van der Waals surface area contributed by atoms with Crippen molar-refractivity contribution in [3.8, 4) is 23.0 Å². The Kier molecular flexibility index (Phi) is 8.65. The van der Waals surface area contributed by atoms with Gasteiger partial charge in [0.2, 0.25) is 0 Å². The van der Waals surface area contributed by atoms with Crippen molar-refractivity contribution in [2.24, 2.45) is 5.10 Å². The van der Waals surface area contributed by atoms with E-state index in [-0.39, 0.29) is 17.3 Å². The van der Waals surface area contributed by atoms with E-state index in [4.69, 9.17) is 30.5 Å². The minimum atomic E-state index is -3.93. The molecule has 0 amide bonds. The minimum Gasteiger partial charge on any atom is -0.493 e. The number of nitrogens with one attached hydrogen (secondary N) is 1. The first-order valence-electron chi connectivity index (χ1n) is 9.79. The standard InChI is InChI=1S/C23H22BrClN2O6S/c1-30-20-9-8-17(12-21(20)31-2)34(28,29)27-26-13-15-10-18(24)23(22(11-15)32-3)33-14-16-6-4-5-7-19(16)25/h4-13,27H,14H2,1-3H3/b26-13-. The largest absolute Gasteiger partial charge is 0.493 e. The second-order valence-electron chi connectivity index (χ2n) is 6.78. The molecule has 3 rings (SSSR count).